The van der Waals surface area contributed by atoms with Crippen LogP contribution in [0.4, 0.5) is 10.1 Å². The van der Waals surface area contributed by atoms with Gasteiger partial charge in [0.25, 0.3) is 0 Å². The number of anilines is 1. The van der Waals surface area contributed by atoms with Crippen LogP contribution in [-0.2, 0) is 26.0 Å². The minimum atomic E-state index is -3.56. The molecule has 0 aliphatic carbocycles. The third-order valence-corrected chi connectivity index (χ3v) is 5.33. The molecule has 0 bridgehead atoms. The SMILES string of the molecule is CC(C)NS(=O)(=O)c1ccc(CCNC(=O)C(=O)Nc2ccccc2F)cc1. The number of halogens is 1. The second-order valence-corrected chi connectivity index (χ2v) is 8.07. The van der Waals surface area contributed by atoms with E-state index < -0.39 is 27.7 Å². The van der Waals surface area contributed by atoms with E-state index in [4.69, 9.17) is 0 Å². The smallest absolute Gasteiger partial charge is 0.313 e. The number of sulfonamides is 1. The number of nitrogens with one attached hydrogen (secondary N) is 3. The van der Waals surface area contributed by atoms with Gasteiger partial charge in [0.05, 0.1) is 10.6 Å². The highest BCUT2D eigenvalue weighted by atomic mass is 32.2. The zero-order chi connectivity index (χ0) is 20.7. The maximum atomic E-state index is 13.5. The molecule has 2 rings (SSSR count). The molecule has 2 amide bonds. The van der Waals surface area contributed by atoms with Crippen molar-refractivity contribution in [3.63, 3.8) is 0 Å². The second-order valence-electron chi connectivity index (χ2n) is 6.36. The number of hydrogen-bond donors (Lipinski definition) is 3. The lowest BCUT2D eigenvalue weighted by Gasteiger charge is -2.10. The molecule has 2 aromatic carbocycles. The van der Waals surface area contributed by atoms with Crippen molar-refractivity contribution < 1.29 is 22.4 Å². The van der Waals surface area contributed by atoms with E-state index in [0.717, 1.165) is 5.56 Å². The Morgan fingerprint density at radius 1 is 1.00 bits per heavy atom. The average Bonchev–Trinajstić information content (AvgIpc) is 2.63. The van der Waals surface area contributed by atoms with Gasteiger partial charge in [0.15, 0.2) is 0 Å². The lowest BCUT2D eigenvalue weighted by atomic mass is 10.1. The molecule has 9 heteroatoms. The van der Waals surface area contributed by atoms with Gasteiger partial charge >= 0.3 is 11.8 Å². The van der Waals surface area contributed by atoms with E-state index in [1.54, 1.807) is 26.0 Å². The lowest BCUT2D eigenvalue weighted by molar-refractivity contribution is -0.136. The Morgan fingerprint density at radius 2 is 1.64 bits per heavy atom. The van der Waals surface area contributed by atoms with Crippen molar-refractivity contribution in [3.8, 4) is 0 Å². The van der Waals surface area contributed by atoms with Crippen LogP contribution >= 0.6 is 0 Å². The number of carbonyl (C=O) groups is 2. The summed E-state index contributed by atoms with van der Waals surface area (Å²) in [5.74, 6) is -2.49. The maximum absolute atomic E-state index is 13.5. The van der Waals surface area contributed by atoms with E-state index in [0.29, 0.717) is 6.42 Å². The van der Waals surface area contributed by atoms with Gasteiger partial charge in [0, 0.05) is 12.6 Å². The molecule has 0 unspecified atom stereocenters. The minimum Gasteiger partial charge on any atom is -0.347 e. The molecule has 0 saturated heterocycles. The van der Waals surface area contributed by atoms with Gasteiger partial charge in [-0.3, -0.25) is 9.59 Å². The molecule has 0 radical (unpaired) electrons. The number of para-hydroxylation sites is 1. The summed E-state index contributed by atoms with van der Waals surface area (Å²) in [7, 11) is -3.56. The summed E-state index contributed by atoms with van der Waals surface area (Å²) < 4.78 is 40.1. The molecule has 2 aromatic rings. The molecule has 0 aromatic heterocycles. The minimum absolute atomic E-state index is 0.0746. The van der Waals surface area contributed by atoms with Crippen LogP contribution in [0.2, 0.25) is 0 Å². The van der Waals surface area contributed by atoms with Gasteiger partial charge in [-0.1, -0.05) is 24.3 Å². The van der Waals surface area contributed by atoms with Crippen LogP contribution in [0, 0.1) is 5.82 Å². The summed E-state index contributed by atoms with van der Waals surface area (Å²) in [5, 5.41) is 4.64. The highest BCUT2D eigenvalue weighted by Crippen LogP contribution is 2.12. The average molecular weight is 407 g/mol. The zero-order valence-electron chi connectivity index (χ0n) is 15.5. The molecule has 150 valence electrons. The highest BCUT2D eigenvalue weighted by molar-refractivity contribution is 7.89. The molecular weight excluding hydrogens is 385 g/mol. The predicted octanol–water partition coefficient (Wildman–Crippen LogP) is 1.81. The Balaban J connectivity index is 1.85. The van der Waals surface area contributed by atoms with E-state index in [9.17, 15) is 22.4 Å². The Hall–Kier alpha value is -2.78. The second kappa shape index (κ2) is 9.43. The molecule has 0 atom stereocenters. The Labute approximate surface area is 163 Å². The molecule has 0 aliphatic rings. The predicted molar refractivity (Wildman–Crippen MR) is 104 cm³/mol. The van der Waals surface area contributed by atoms with Gasteiger partial charge in [-0.2, -0.15) is 0 Å². The highest BCUT2D eigenvalue weighted by Gasteiger charge is 2.16. The monoisotopic (exact) mass is 407 g/mol. The van der Waals surface area contributed by atoms with E-state index >= 15 is 0 Å². The molecule has 7 nitrogen and oxygen atoms in total. The summed E-state index contributed by atoms with van der Waals surface area (Å²) in [6.07, 6.45) is 0.399. The van der Waals surface area contributed by atoms with Crippen molar-refractivity contribution in [3.05, 3.63) is 59.9 Å². The molecule has 0 spiro atoms. The van der Waals surface area contributed by atoms with Crippen LogP contribution in [0.1, 0.15) is 19.4 Å². The first kappa shape index (κ1) is 21.5. The van der Waals surface area contributed by atoms with Crippen molar-refractivity contribution in [2.75, 3.05) is 11.9 Å². The Morgan fingerprint density at radius 3 is 2.25 bits per heavy atom. The molecule has 0 aliphatic heterocycles. The Bertz CT molecular complexity index is 944. The number of carbonyl (C=O) groups excluding carboxylic acids is 2. The first-order chi connectivity index (χ1) is 13.2. The molecule has 0 fully saturated rings. The van der Waals surface area contributed by atoms with Gasteiger partial charge < -0.3 is 10.6 Å². The van der Waals surface area contributed by atoms with Crippen LogP contribution in [0.15, 0.2) is 53.4 Å². The summed E-state index contributed by atoms with van der Waals surface area (Å²) >= 11 is 0. The first-order valence-electron chi connectivity index (χ1n) is 8.64. The van der Waals surface area contributed by atoms with Gasteiger partial charge in [0.2, 0.25) is 10.0 Å². The van der Waals surface area contributed by atoms with Crippen molar-refractivity contribution in [1.82, 2.24) is 10.0 Å². The fourth-order valence-corrected chi connectivity index (χ4v) is 3.61. The standard InChI is InChI=1S/C19H22FN3O4S/c1-13(2)23-28(26,27)15-9-7-14(8-10-15)11-12-21-18(24)19(25)22-17-6-4-3-5-16(17)20/h3-10,13,23H,11-12H2,1-2H3,(H,21,24)(H,22,25). The van der Waals surface area contributed by atoms with Gasteiger partial charge in [-0.05, 0) is 50.1 Å². The van der Waals surface area contributed by atoms with Gasteiger partial charge in [-0.25, -0.2) is 17.5 Å². The fourth-order valence-electron chi connectivity index (χ4n) is 2.36. The number of hydrogen-bond acceptors (Lipinski definition) is 4. The number of benzene rings is 2. The molecule has 0 heterocycles. The lowest BCUT2D eigenvalue weighted by Crippen LogP contribution is -2.36. The third-order valence-electron chi connectivity index (χ3n) is 3.65. The molecule has 28 heavy (non-hydrogen) atoms. The summed E-state index contributed by atoms with van der Waals surface area (Å²) in [4.78, 5) is 23.7. The van der Waals surface area contributed by atoms with E-state index in [1.165, 1.54) is 36.4 Å². The molecular formula is C19H22FN3O4S. The summed E-state index contributed by atoms with van der Waals surface area (Å²) in [6.45, 7) is 3.63. The zero-order valence-corrected chi connectivity index (χ0v) is 16.3. The first-order valence-corrected chi connectivity index (χ1v) is 10.1. The third kappa shape index (κ3) is 6.14. The quantitative estimate of drug-likeness (QED) is 0.609. The van der Waals surface area contributed by atoms with Crippen LogP contribution in [0.5, 0.6) is 0 Å². The largest absolute Gasteiger partial charge is 0.347 e. The number of rotatable bonds is 7. The van der Waals surface area contributed by atoms with Gasteiger partial charge in [-0.15, -0.1) is 0 Å². The maximum Gasteiger partial charge on any atom is 0.313 e. The molecule has 0 saturated carbocycles. The van der Waals surface area contributed by atoms with Crippen LogP contribution in [-0.4, -0.2) is 32.8 Å². The van der Waals surface area contributed by atoms with Crippen LogP contribution in [0.25, 0.3) is 0 Å². The van der Waals surface area contributed by atoms with E-state index in [2.05, 4.69) is 15.4 Å². The summed E-state index contributed by atoms with van der Waals surface area (Å²) in [6, 6.07) is 11.6. The summed E-state index contributed by atoms with van der Waals surface area (Å²) in [5.41, 5.74) is 0.716. The number of amides is 2. The van der Waals surface area contributed by atoms with Crippen molar-refractivity contribution in [2.45, 2.75) is 31.2 Å². The van der Waals surface area contributed by atoms with Crippen LogP contribution < -0.4 is 15.4 Å². The normalized spacial score (nSPS) is 11.3. The van der Waals surface area contributed by atoms with Gasteiger partial charge in [0.1, 0.15) is 5.82 Å². The molecule has 3 N–H and O–H groups in total. The van der Waals surface area contributed by atoms with E-state index in [1.807, 2.05) is 0 Å². The van der Waals surface area contributed by atoms with Crippen molar-refractivity contribution >= 4 is 27.5 Å². The topological polar surface area (TPSA) is 104 Å². The fraction of sp³-hybridized carbons (Fsp3) is 0.263. The van der Waals surface area contributed by atoms with Crippen molar-refractivity contribution in [2.24, 2.45) is 0 Å². The van der Waals surface area contributed by atoms with Crippen LogP contribution in [0.3, 0.4) is 0 Å². The Kier molecular flexibility index (Phi) is 7.24. The van der Waals surface area contributed by atoms with Crippen molar-refractivity contribution in [1.29, 1.82) is 0 Å². The van der Waals surface area contributed by atoms with E-state index in [-0.39, 0.29) is 23.2 Å².